The van der Waals surface area contributed by atoms with Gasteiger partial charge in [-0.25, -0.2) is 0 Å². The molecule has 0 aromatic heterocycles. The first-order valence-electron chi connectivity index (χ1n) is 4.33. The third-order valence-electron chi connectivity index (χ3n) is 1.68. The van der Waals surface area contributed by atoms with Gasteiger partial charge in [-0.1, -0.05) is 17.8 Å². The zero-order valence-corrected chi connectivity index (χ0v) is 10.3. The Bertz CT molecular complexity index is 463. The first kappa shape index (κ1) is 13.9. The van der Waals surface area contributed by atoms with Crippen LogP contribution >= 0.6 is 23.5 Å². The molecule has 0 aliphatic rings. The molecule has 0 N–H and O–H groups in total. The second-order valence-corrected chi connectivity index (χ2v) is 4.93. The molecule has 0 fully saturated rings. The molecule has 0 aliphatic heterocycles. The van der Waals surface area contributed by atoms with E-state index in [0.717, 1.165) is 23.9 Å². The van der Waals surface area contributed by atoms with E-state index in [2.05, 4.69) is 4.99 Å². The fraction of sp³-hybridized carbons (Fsp3) is 0.200. The molecule has 17 heavy (non-hydrogen) atoms. The van der Waals surface area contributed by atoms with E-state index in [-0.39, 0.29) is 0 Å². The number of aliphatic imine (C=N–C) groups is 1. The Labute approximate surface area is 105 Å². The number of benzene rings is 1. The van der Waals surface area contributed by atoms with E-state index in [9.17, 15) is 13.2 Å². The number of rotatable bonds is 1. The molecule has 90 valence electrons. The van der Waals surface area contributed by atoms with Crippen molar-refractivity contribution in [1.82, 2.24) is 0 Å². The van der Waals surface area contributed by atoms with Crippen LogP contribution in [0.15, 0.2) is 34.2 Å². The lowest BCUT2D eigenvalue weighted by molar-refractivity contribution is -0.137. The standard InChI is InChI=1S/C10H7F3N2S2/c1-16-9(15-6-14)17-8-4-2-3-7(5-8)10(11,12)13/h2-5H,1H3. The van der Waals surface area contributed by atoms with Crippen molar-refractivity contribution in [3.63, 3.8) is 0 Å². The van der Waals surface area contributed by atoms with Crippen LogP contribution in [0.1, 0.15) is 5.56 Å². The summed E-state index contributed by atoms with van der Waals surface area (Å²) in [5, 5.41) is 8.39. The van der Waals surface area contributed by atoms with Crippen LogP contribution in [0.2, 0.25) is 0 Å². The summed E-state index contributed by atoms with van der Waals surface area (Å²) in [4.78, 5) is 3.90. The van der Waals surface area contributed by atoms with Crippen molar-refractivity contribution in [2.75, 3.05) is 6.26 Å². The highest BCUT2D eigenvalue weighted by Gasteiger charge is 2.30. The summed E-state index contributed by atoms with van der Waals surface area (Å²) in [5.41, 5.74) is -0.708. The SMILES string of the molecule is CSC(=NC#N)Sc1cccc(C(F)(F)F)c1. The molecule has 0 aliphatic carbocycles. The number of thioether (sulfide) groups is 2. The molecule has 0 bridgehead atoms. The van der Waals surface area contributed by atoms with Crippen molar-refractivity contribution in [3.8, 4) is 6.19 Å². The molecular formula is C10H7F3N2S2. The molecule has 0 saturated carbocycles. The summed E-state index contributed by atoms with van der Waals surface area (Å²) in [6.07, 6.45) is -1.05. The number of nitriles is 1. The smallest absolute Gasteiger partial charge is 0.170 e. The monoisotopic (exact) mass is 276 g/mol. The van der Waals surface area contributed by atoms with Gasteiger partial charge in [-0.2, -0.15) is 23.4 Å². The number of hydrogen-bond donors (Lipinski definition) is 0. The molecule has 0 spiro atoms. The normalized spacial score (nSPS) is 12.3. The van der Waals surface area contributed by atoms with Crippen molar-refractivity contribution < 1.29 is 13.2 Å². The van der Waals surface area contributed by atoms with Crippen molar-refractivity contribution in [3.05, 3.63) is 29.8 Å². The van der Waals surface area contributed by atoms with Gasteiger partial charge in [0.1, 0.15) is 4.38 Å². The molecule has 0 unspecified atom stereocenters. The maximum Gasteiger partial charge on any atom is 0.416 e. The van der Waals surface area contributed by atoms with Gasteiger partial charge in [0.15, 0.2) is 0 Å². The molecule has 1 rings (SSSR count). The number of nitrogens with zero attached hydrogens (tertiary/aromatic N) is 2. The Morgan fingerprint density at radius 2 is 2.12 bits per heavy atom. The fourth-order valence-electron chi connectivity index (χ4n) is 0.988. The summed E-state index contributed by atoms with van der Waals surface area (Å²) in [5.74, 6) is 0. The lowest BCUT2D eigenvalue weighted by Gasteiger charge is -2.08. The topological polar surface area (TPSA) is 36.1 Å². The molecule has 0 amide bonds. The van der Waals surface area contributed by atoms with Gasteiger partial charge in [0.05, 0.1) is 5.56 Å². The van der Waals surface area contributed by atoms with E-state index in [4.69, 9.17) is 5.26 Å². The number of hydrogen-bond acceptors (Lipinski definition) is 4. The molecule has 1 aromatic carbocycles. The van der Waals surface area contributed by atoms with Crippen LogP contribution in [0.25, 0.3) is 0 Å². The Hall–Kier alpha value is -1.13. The van der Waals surface area contributed by atoms with E-state index in [1.807, 2.05) is 0 Å². The quantitative estimate of drug-likeness (QED) is 0.337. The lowest BCUT2D eigenvalue weighted by atomic mass is 10.2. The third-order valence-corrected chi connectivity index (χ3v) is 3.63. The molecule has 0 radical (unpaired) electrons. The van der Waals surface area contributed by atoms with Crippen LogP contribution in [0, 0.1) is 11.5 Å². The number of halogens is 3. The van der Waals surface area contributed by atoms with E-state index in [0.29, 0.717) is 9.27 Å². The summed E-state index contributed by atoms with van der Waals surface area (Å²) >= 11 is 2.25. The second kappa shape index (κ2) is 5.98. The highest BCUT2D eigenvalue weighted by Crippen LogP contribution is 2.33. The zero-order chi connectivity index (χ0) is 12.9. The van der Waals surface area contributed by atoms with Crippen molar-refractivity contribution in [2.45, 2.75) is 11.1 Å². The van der Waals surface area contributed by atoms with Gasteiger partial charge in [-0.05, 0) is 24.5 Å². The fourth-order valence-corrected chi connectivity index (χ4v) is 2.36. The third kappa shape index (κ3) is 4.32. The Morgan fingerprint density at radius 1 is 1.41 bits per heavy atom. The second-order valence-electron chi connectivity index (χ2n) is 2.81. The highest BCUT2D eigenvalue weighted by atomic mass is 32.2. The maximum atomic E-state index is 12.4. The van der Waals surface area contributed by atoms with Gasteiger partial charge < -0.3 is 0 Å². The van der Waals surface area contributed by atoms with Gasteiger partial charge in [-0.15, -0.1) is 11.8 Å². The van der Waals surface area contributed by atoms with Gasteiger partial charge >= 0.3 is 6.18 Å². The van der Waals surface area contributed by atoms with E-state index >= 15 is 0 Å². The van der Waals surface area contributed by atoms with Crippen LogP contribution in [-0.2, 0) is 6.18 Å². The molecule has 1 aromatic rings. The number of alkyl halides is 3. The van der Waals surface area contributed by atoms with Crippen molar-refractivity contribution in [2.24, 2.45) is 4.99 Å². The summed E-state index contributed by atoms with van der Waals surface area (Å²) in [7, 11) is 0. The first-order valence-corrected chi connectivity index (χ1v) is 6.37. The highest BCUT2D eigenvalue weighted by molar-refractivity contribution is 8.38. The average molecular weight is 276 g/mol. The minimum atomic E-state index is -4.36. The van der Waals surface area contributed by atoms with Crippen molar-refractivity contribution in [1.29, 1.82) is 5.26 Å². The molecular weight excluding hydrogens is 269 g/mol. The van der Waals surface area contributed by atoms with E-state index < -0.39 is 11.7 Å². The predicted molar refractivity (Wildman–Crippen MR) is 63.9 cm³/mol. The van der Waals surface area contributed by atoms with E-state index in [1.165, 1.54) is 17.8 Å². The van der Waals surface area contributed by atoms with Gasteiger partial charge in [-0.3, -0.25) is 0 Å². The van der Waals surface area contributed by atoms with Gasteiger partial charge in [0, 0.05) is 4.90 Å². The summed E-state index contributed by atoms with van der Waals surface area (Å²) in [6, 6.07) is 4.91. The maximum absolute atomic E-state index is 12.4. The van der Waals surface area contributed by atoms with Crippen LogP contribution < -0.4 is 0 Å². The molecule has 2 nitrogen and oxygen atoms in total. The average Bonchev–Trinajstić information content (AvgIpc) is 2.28. The van der Waals surface area contributed by atoms with Gasteiger partial charge in [0.2, 0.25) is 6.19 Å². The van der Waals surface area contributed by atoms with Crippen LogP contribution in [0.5, 0.6) is 0 Å². The van der Waals surface area contributed by atoms with Crippen LogP contribution in [-0.4, -0.2) is 10.6 Å². The van der Waals surface area contributed by atoms with Crippen LogP contribution in [0.4, 0.5) is 13.2 Å². The molecule has 0 heterocycles. The minimum absolute atomic E-state index is 0.406. The first-order chi connectivity index (χ1) is 7.97. The summed E-state index contributed by atoms with van der Waals surface area (Å²) in [6.45, 7) is 0. The molecule has 7 heteroatoms. The largest absolute Gasteiger partial charge is 0.416 e. The molecule has 0 saturated heterocycles. The Kier molecular flexibility index (Phi) is 4.90. The summed E-state index contributed by atoms with van der Waals surface area (Å²) < 4.78 is 37.7. The zero-order valence-electron chi connectivity index (χ0n) is 8.65. The van der Waals surface area contributed by atoms with E-state index in [1.54, 1.807) is 18.5 Å². The van der Waals surface area contributed by atoms with Gasteiger partial charge in [0.25, 0.3) is 0 Å². The predicted octanol–water partition coefficient (Wildman–Crippen LogP) is 4.00. The Morgan fingerprint density at radius 3 is 2.65 bits per heavy atom. The minimum Gasteiger partial charge on any atom is -0.170 e. The van der Waals surface area contributed by atoms with Crippen molar-refractivity contribution >= 4 is 27.9 Å². The lowest BCUT2D eigenvalue weighted by Crippen LogP contribution is -2.04. The Balaban J connectivity index is 2.94. The van der Waals surface area contributed by atoms with Crippen LogP contribution in [0.3, 0.4) is 0 Å². The molecule has 0 atom stereocenters.